The highest BCUT2D eigenvalue weighted by Gasteiger charge is 2.23. The summed E-state index contributed by atoms with van der Waals surface area (Å²) in [5.74, 6) is -1.98. The predicted octanol–water partition coefficient (Wildman–Crippen LogP) is 2.57. The predicted molar refractivity (Wildman–Crippen MR) is 98.8 cm³/mol. The van der Waals surface area contributed by atoms with E-state index >= 15 is 0 Å². The minimum atomic E-state index is -3.61. The van der Waals surface area contributed by atoms with Crippen molar-refractivity contribution in [2.24, 2.45) is 5.92 Å². The summed E-state index contributed by atoms with van der Waals surface area (Å²) in [6.45, 7) is 5.17. The third kappa shape index (κ3) is 5.68. The van der Waals surface area contributed by atoms with E-state index < -0.39 is 27.6 Å². The van der Waals surface area contributed by atoms with Crippen molar-refractivity contribution >= 4 is 21.7 Å². The molecule has 27 heavy (non-hydrogen) atoms. The Morgan fingerprint density at radius 3 is 2.41 bits per heavy atom. The van der Waals surface area contributed by atoms with Crippen LogP contribution in [0.5, 0.6) is 0 Å². The molecule has 8 heteroatoms. The summed E-state index contributed by atoms with van der Waals surface area (Å²) in [4.78, 5) is 24.3. The Morgan fingerprint density at radius 2 is 1.78 bits per heavy atom. The van der Waals surface area contributed by atoms with Gasteiger partial charge in [0.15, 0.2) is 15.6 Å². The van der Waals surface area contributed by atoms with Crippen molar-refractivity contribution in [3.63, 3.8) is 0 Å². The monoisotopic (exact) mass is 393 g/mol. The number of benzene rings is 1. The summed E-state index contributed by atoms with van der Waals surface area (Å²) >= 11 is 0. The largest absolute Gasteiger partial charge is 0.463 e. The van der Waals surface area contributed by atoms with Gasteiger partial charge in [-0.25, -0.2) is 8.42 Å². The Morgan fingerprint density at radius 1 is 1.11 bits per heavy atom. The lowest BCUT2D eigenvalue weighted by Crippen LogP contribution is -2.33. The third-order valence-electron chi connectivity index (χ3n) is 3.72. The third-order valence-corrected chi connectivity index (χ3v) is 5.41. The number of sulfone groups is 1. The van der Waals surface area contributed by atoms with E-state index in [4.69, 9.17) is 9.15 Å². The lowest BCUT2D eigenvalue weighted by Gasteiger charge is -2.14. The lowest BCUT2D eigenvalue weighted by molar-refractivity contribution is -0.151. The number of rotatable bonds is 8. The van der Waals surface area contributed by atoms with Crippen molar-refractivity contribution in [1.82, 2.24) is 5.32 Å². The second kappa shape index (κ2) is 8.85. The first-order valence-corrected chi connectivity index (χ1v) is 10.2. The fourth-order valence-electron chi connectivity index (χ4n) is 2.32. The van der Waals surface area contributed by atoms with Gasteiger partial charge in [0, 0.05) is 12.1 Å². The Hall–Kier alpha value is -2.61. The Balaban J connectivity index is 2.04. The van der Waals surface area contributed by atoms with Gasteiger partial charge in [0.2, 0.25) is 0 Å². The maximum atomic E-state index is 12.5. The number of carbonyl (C=O) groups is 2. The summed E-state index contributed by atoms with van der Waals surface area (Å²) in [5, 5.41) is 2.58. The standard InChI is InChI=1S/C19H23NO6S/c1-13(2)26-19(22)14(3)11-20-18(21)17-15(9-10-25-17)12-27(23,24)16-7-5-4-6-8-16/h4-10,13-14H,11-12H2,1-3H3,(H,20,21)/t14-/m0/s1. The van der Waals surface area contributed by atoms with Gasteiger partial charge in [-0.2, -0.15) is 0 Å². The molecule has 0 aliphatic heterocycles. The molecule has 146 valence electrons. The molecule has 1 N–H and O–H groups in total. The van der Waals surface area contributed by atoms with Crippen LogP contribution in [0.15, 0.2) is 52.0 Å². The van der Waals surface area contributed by atoms with E-state index in [1.165, 1.54) is 24.5 Å². The highest BCUT2D eigenvalue weighted by molar-refractivity contribution is 7.90. The van der Waals surface area contributed by atoms with E-state index in [9.17, 15) is 18.0 Å². The first-order chi connectivity index (χ1) is 12.7. The van der Waals surface area contributed by atoms with E-state index in [0.717, 1.165) is 0 Å². The Kier molecular flexibility index (Phi) is 6.79. The van der Waals surface area contributed by atoms with Crippen LogP contribution < -0.4 is 5.32 Å². The molecule has 0 radical (unpaired) electrons. The maximum Gasteiger partial charge on any atom is 0.310 e. The number of amides is 1. The molecule has 0 aliphatic carbocycles. The zero-order valence-corrected chi connectivity index (χ0v) is 16.3. The molecule has 0 saturated heterocycles. The van der Waals surface area contributed by atoms with Crippen LogP contribution in [0.1, 0.15) is 36.9 Å². The summed E-state index contributed by atoms with van der Waals surface area (Å²) in [6, 6.07) is 9.43. The van der Waals surface area contributed by atoms with E-state index in [-0.39, 0.29) is 34.6 Å². The number of ether oxygens (including phenoxy) is 1. The fraction of sp³-hybridized carbons (Fsp3) is 0.368. The molecule has 0 spiro atoms. The van der Waals surface area contributed by atoms with E-state index in [2.05, 4.69) is 5.32 Å². The van der Waals surface area contributed by atoms with Crippen LogP contribution in [0.2, 0.25) is 0 Å². The lowest BCUT2D eigenvalue weighted by atomic mass is 10.2. The van der Waals surface area contributed by atoms with Crippen LogP contribution >= 0.6 is 0 Å². The van der Waals surface area contributed by atoms with Crippen LogP contribution in [0.3, 0.4) is 0 Å². The molecular weight excluding hydrogens is 370 g/mol. The second-order valence-electron chi connectivity index (χ2n) is 6.44. The molecule has 0 unspecified atom stereocenters. The van der Waals surface area contributed by atoms with Gasteiger partial charge in [0.05, 0.1) is 28.9 Å². The molecular formula is C19H23NO6S. The molecule has 0 bridgehead atoms. The number of nitrogens with one attached hydrogen (secondary N) is 1. The highest BCUT2D eigenvalue weighted by Crippen LogP contribution is 2.20. The zero-order valence-electron chi connectivity index (χ0n) is 15.5. The molecule has 1 heterocycles. The Bertz CT molecular complexity index is 886. The molecule has 0 saturated carbocycles. The molecule has 2 aromatic rings. The zero-order chi connectivity index (χ0) is 20.0. The van der Waals surface area contributed by atoms with Gasteiger partial charge in [-0.1, -0.05) is 25.1 Å². The van der Waals surface area contributed by atoms with Crippen LogP contribution in [0.4, 0.5) is 0 Å². The molecule has 0 fully saturated rings. The topological polar surface area (TPSA) is 103 Å². The summed E-state index contributed by atoms with van der Waals surface area (Å²) < 4.78 is 35.2. The first kappa shape index (κ1) is 20.7. The van der Waals surface area contributed by atoms with Gasteiger partial charge in [-0.15, -0.1) is 0 Å². The van der Waals surface area contributed by atoms with Crippen molar-refractivity contribution in [3.05, 3.63) is 54.0 Å². The van der Waals surface area contributed by atoms with Gasteiger partial charge in [0.25, 0.3) is 5.91 Å². The number of furan rings is 1. The summed E-state index contributed by atoms with van der Waals surface area (Å²) in [7, 11) is -3.61. The number of esters is 1. The molecule has 0 aliphatic rings. The summed E-state index contributed by atoms with van der Waals surface area (Å²) in [5.41, 5.74) is 0.258. The van der Waals surface area contributed by atoms with Gasteiger partial charge in [-0.05, 0) is 32.0 Å². The van der Waals surface area contributed by atoms with Crippen LogP contribution in [0, 0.1) is 5.92 Å². The van der Waals surface area contributed by atoms with Crippen molar-refractivity contribution in [2.75, 3.05) is 6.54 Å². The van der Waals surface area contributed by atoms with E-state index in [1.807, 2.05) is 0 Å². The van der Waals surface area contributed by atoms with Gasteiger partial charge >= 0.3 is 5.97 Å². The highest BCUT2D eigenvalue weighted by atomic mass is 32.2. The van der Waals surface area contributed by atoms with E-state index in [0.29, 0.717) is 0 Å². The van der Waals surface area contributed by atoms with Crippen LogP contribution in [-0.2, 0) is 25.1 Å². The summed E-state index contributed by atoms with van der Waals surface area (Å²) in [6.07, 6.45) is 1.02. The first-order valence-electron chi connectivity index (χ1n) is 8.53. The van der Waals surface area contributed by atoms with Gasteiger partial charge in [0.1, 0.15) is 0 Å². The number of carbonyl (C=O) groups excluding carboxylic acids is 2. The molecule has 2 rings (SSSR count). The van der Waals surface area contributed by atoms with Gasteiger partial charge < -0.3 is 14.5 Å². The molecule has 1 aromatic carbocycles. The van der Waals surface area contributed by atoms with Crippen LogP contribution in [0.25, 0.3) is 0 Å². The average Bonchev–Trinajstić information content (AvgIpc) is 3.07. The molecule has 1 atom stereocenters. The number of hydrogen-bond donors (Lipinski definition) is 1. The maximum absolute atomic E-state index is 12.5. The van der Waals surface area contributed by atoms with Crippen molar-refractivity contribution in [3.8, 4) is 0 Å². The minimum Gasteiger partial charge on any atom is -0.463 e. The molecule has 1 amide bonds. The van der Waals surface area contributed by atoms with Crippen molar-refractivity contribution in [1.29, 1.82) is 0 Å². The normalized spacial score (nSPS) is 12.6. The Labute approximate surface area is 158 Å². The molecule has 1 aromatic heterocycles. The average molecular weight is 393 g/mol. The second-order valence-corrected chi connectivity index (χ2v) is 8.43. The SMILES string of the molecule is CC(C)OC(=O)[C@@H](C)CNC(=O)c1occc1CS(=O)(=O)c1ccccc1. The fourth-order valence-corrected chi connectivity index (χ4v) is 3.70. The van der Waals surface area contributed by atoms with Gasteiger partial charge in [-0.3, -0.25) is 9.59 Å². The van der Waals surface area contributed by atoms with Crippen molar-refractivity contribution in [2.45, 2.75) is 37.5 Å². The molecule has 7 nitrogen and oxygen atoms in total. The van der Waals surface area contributed by atoms with Crippen LogP contribution in [-0.4, -0.2) is 32.9 Å². The smallest absolute Gasteiger partial charge is 0.310 e. The minimum absolute atomic E-state index is 0.0515. The van der Waals surface area contributed by atoms with E-state index in [1.54, 1.807) is 39.0 Å². The van der Waals surface area contributed by atoms with Crippen molar-refractivity contribution < 1.29 is 27.2 Å². The number of hydrogen-bond acceptors (Lipinski definition) is 6. The quantitative estimate of drug-likeness (QED) is 0.692.